The van der Waals surface area contributed by atoms with E-state index in [1.807, 2.05) is 0 Å². The normalized spacial score (nSPS) is 10.7. The van der Waals surface area contributed by atoms with Gasteiger partial charge in [-0.05, 0) is 24.6 Å². The Hall–Kier alpha value is -1.55. The van der Waals surface area contributed by atoms with Gasteiger partial charge in [-0.1, -0.05) is 82.7 Å². The van der Waals surface area contributed by atoms with Crippen molar-refractivity contribution in [3.63, 3.8) is 0 Å². The Morgan fingerprint density at radius 2 is 1.46 bits per heavy atom. The Morgan fingerprint density at radius 1 is 0.923 bits per heavy atom. The summed E-state index contributed by atoms with van der Waals surface area (Å²) >= 11 is 5.86. The quantitative estimate of drug-likeness (QED) is 0.384. The van der Waals surface area contributed by atoms with Crippen LogP contribution in [0.5, 0.6) is 0 Å². The molecule has 0 fully saturated rings. The van der Waals surface area contributed by atoms with Crippen molar-refractivity contribution in [2.45, 2.75) is 84.0 Å². The van der Waals surface area contributed by atoms with Gasteiger partial charge in [-0.15, -0.1) is 0 Å². The summed E-state index contributed by atoms with van der Waals surface area (Å²) in [7, 11) is 0. The van der Waals surface area contributed by atoms with Gasteiger partial charge < -0.3 is 11.1 Å². The van der Waals surface area contributed by atoms with Gasteiger partial charge in [-0.3, -0.25) is 9.59 Å². The van der Waals surface area contributed by atoms with Crippen LogP contribution in [0.4, 0.5) is 5.69 Å². The highest BCUT2D eigenvalue weighted by Gasteiger charge is 2.11. The highest BCUT2D eigenvalue weighted by Crippen LogP contribution is 2.21. The van der Waals surface area contributed by atoms with Gasteiger partial charge in [0.15, 0.2) is 0 Å². The number of carbonyl (C=O) groups excluding carboxylic acids is 2. The van der Waals surface area contributed by atoms with Crippen molar-refractivity contribution in [2.75, 3.05) is 5.32 Å². The van der Waals surface area contributed by atoms with Crippen molar-refractivity contribution >= 4 is 29.1 Å². The van der Waals surface area contributed by atoms with Gasteiger partial charge in [0.2, 0.25) is 5.91 Å². The molecule has 0 bridgehead atoms. The highest BCUT2D eigenvalue weighted by atomic mass is 35.5. The first-order valence-electron chi connectivity index (χ1n) is 9.93. The molecule has 3 N–H and O–H groups in total. The van der Waals surface area contributed by atoms with Crippen LogP contribution in [0.25, 0.3) is 0 Å². The Morgan fingerprint density at radius 3 is 2.00 bits per heavy atom. The number of amides is 2. The van der Waals surface area contributed by atoms with E-state index >= 15 is 0 Å². The predicted octanol–water partition coefficient (Wildman–Crippen LogP) is 6.08. The third-order valence-electron chi connectivity index (χ3n) is 4.53. The van der Waals surface area contributed by atoms with Crippen LogP contribution < -0.4 is 11.1 Å². The molecule has 0 aliphatic rings. The minimum absolute atomic E-state index is 0.0919. The molecule has 1 aromatic rings. The molecule has 146 valence electrons. The molecule has 1 rings (SSSR count). The van der Waals surface area contributed by atoms with Crippen LogP contribution in [-0.2, 0) is 4.79 Å². The minimum atomic E-state index is -0.600. The zero-order valence-electron chi connectivity index (χ0n) is 16.0. The van der Waals surface area contributed by atoms with E-state index in [4.69, 9.17) is 17.3 Å². The lowest BCUT2D eigenvalue weighted by molar-refractivity contribution is -0.116. The molecule has 2 amide bonds. The van der Waals surface area contributed by atoms with Gasteiger partial charge in [0.05, 0.1) is 11.3 Å². The summed E-state index contributed by atoms with van der Waals surface area (Å²) in [5, 5.41) is 3.17. The fourth-order valence-corrected chi connectivity index (χ4v) is 3.16. The van der Waals surface area contributed by atoms with Gasteiger partial charge in [-0.25, -0.2) is 0 Å². The number of halogens is 1. The molecule has 0 spiro atoms. The molecule has 0 heterocycles. The summed E-state index contributed by atoms with van der Waals surface area (Å²) in [6.07, 6.45) is 14.2. The smallest absolute Gasteiger partial charge is 0.250 e. The lowest BCUT2D eigenvalue weighted by atomic mass is 10.1. The molecule has 0 aliphatic carbocycles. The highest BCUT2D eigenvalue weighted by molar-refractivity contribution is 6.31. The molecule has 0 unspecified atom stereocenters. The number of carbonyl (C=O) groups is 2. The topological polar surface area (TPSA) is 72.2 Å². The standard InChI is InChI=1S/C21H33ClN2O2/c1-2-3-4-5-6-7-8-9-10-11-12-13-20(25)24-19-15-14-17(22)16-18(19)21(23)26/h14-16H,2-13H2,1H3,(H2,23,26)(H,24,25). The van der Waals surface area contributed by atoms with Crippen LogP contribution >= 0.6 is 11.6 Å². The van der Waals surface area contributed by atoms with Gasteiger partial charge in [-0.2, -0.15) is 0 Å². The molecule has 0 saturated heterocycles. The number of anilines is 1. The molecule has 0 aromatic heterocycles. The maximum atomic E-state index is 12.0. The molecular formula is C21H33ClN2O2. The monoisotopic (exact) mass is 380 g/mol. The second-order valence-corrected chi connectivity index (χ2v) is 7.32. The number of nitrogens with two attached hydrogens (primary N) is 1. The lowest BCUT2D eigenvalue weighted by Gasteiger charge is -2.09. The van der Waals surface area contributed by atoms with Crippen LogP contribution in [0.1, 0.15) is 94.3 Å². The minimum Gasteiger partial charge on any atom is -0.366 e. The fourth-order valence-electron chi connectivity index (χ4n) is 2.99. The van der Waals surface area contributed by atoms with E-state index in [9.17, 15) is 9.59 Å². The van der Waals surface area contributed by atoms with Crippen molar-refractivity contribution in [3.8, 4) is 0 Å². The van der Waals surface area contributed by atoms with E-state index in [2.05, 4.69) is 12.2 Å². The van der Waals surface area contributed by atoms with Gasteiger partial charge in [0.1, 0.15) is 0 Å². The first kappa shape index (κ1) is 22.5. The number of hydrogen-bond acceptors (Lipinski definition) is 2. The molecule has 5 heteroatoms. The zero-order chi connectivity index (χ0) is 19.2. The maximum absolute atomic E-state index is 12.0. The fraction of sp³-hybridized carbons (Fsp3) is 0.619. The van der Waals surface area contributed by atoms with Gasteiger partial charge in [0, 0.05) is 11.4 Å². The first-order valence-corrected chi connectivity index (χ1v) is 10.3. The SMILES string of the molecule is CCCCCCCCCCCCCC(=O)Nc1ccc(Cl)cc1C(N)=O. The number of hydrogen-bond donors (Lipinski definition) is 2. The number of rotatable bonds is 14. The zero-order valence-corrected chi connectivity index (χ0v) is 16.7. The lowest BCUT2D eigenvalue weighted by Crippen LogP contribution is -2.18. The van der Waals surface area contributed by atoms with E-state index in [0.29, 0.717) is 17.1 Å². The largest absolute Gasteiger partial charge is 0.366 e. The third kappa shape index (κ3) is 9.81. The second-order valence-electron chi connectivity index (χ2n) is 6.89. The van der Waals surface area contributed by atoms with E-state index in [0.717, 1.165) is 12.8 Å². The van der Waals surface area contributed by atoms with Crippen LogP contribution in [0.3, 0.4) is 0 Å². The van der Waals surface area contributed by atoms with Crippen LogP contribution in [-0.4, -0.2) is 11.8 Å². The molecule has 0 aliphatic heterocycles. The van der Waals surface area contributed by atoms with E-state index in [-0.39, 0.29) is 11.5 Å². The third-order valence-corrected chi connectivity index (χ3v) is 4.76. The predicted molar refractivity (Wildman–Crippen MR) is 110 cm³/mol. The molecule has 0 radical (unpaired) electrons. The van der Waals surface area contributed by atoms with Crippen molar-refractivity contribution in [1.29, 1.82) is 0 Å². The molecule has 4 nitrogen and oxygen atoms in total. The van der Waals surface area contributed by atoms with Crippen molar-refractivity contribution < 1.29 is 9.59 Å². The van der Waals surface area contributed by atoms with Gasteiger partial charge in [0.25, 0.3) is 5.91 Å². The Labute approximate surface area is 162 Å². The molecule has 26 heavy (non-hydrogen) atoms. The number of benzene rings is 1. The van der Waals surface area contributed by atoms with E-state index in [1.165, 1.54) is 63.9 Å². The van der Waals surface area contributed by atoms with Crippen molar-refractivity contribution in [2.24, 2.45) is 5.73 Å². The van der Waals surface area contributed by atoms with Crippen LogP contribution in [0.15, 0.2) is 18.2 Å². The molecular weight excluding hydrogens is 348 g/mol. The summed E-state index contributed by atoms with van der Waals surface area (Å²) in [6.45, 7) is 2.24. The molecule has 0 saturated carbocycles. The average Bonchev–Trinajstić information content (AvgIpc) is 2.61. The van der Waals surface area contributed by atoms with E-state index < -0.39 is 5.91 Å². The maximum Gasteiger partial charge on any atom is 0.250 e. The first-order chi connectivity index (χ1) is 12.5. The Balaban J connectivity index is 2.12. The number of nitrogens with one attached hydrogen (secondary N) is 1. The van der Waals surface area contributed by atoms with Gasteiger partial charge >= 0.3 is 0 Å². The van der Waals surface area contributed by atoms with Crippen LogP contribution in [0, 0.1) is 0 Å². The Kier molecular flexibility index (Phi) is 11.8. The summed E-state index contributed by atoms with van der Waals surface area (Å²) in [6, 6.07) is 4.72. The number of primary amides is 1. The molecule has 1 aromatic carbocycles. The number of unbranched alkanes of at least 4 members (excludes halogenated alkanes) is 10. The van der Waals surface area contributed by atoms with E-state index in [1.54, 1.807) is 12.1 Å². The summed E-state index contributed by atoms with van der Waals surface area (Å²) in [4.78, 5) is 23.5. The summed E-state index contributed by atoms with van der Waals surface area (Å²) in [5.74, 6) is -0.691. The Bertz CT molecular complexity index is 561. The average molecular weight is 381 g/mol. The second kappa shape index (κ2) is 13.6. The van der Waals surface area contributed by atoms with Crippen molar-refractivity contribution in [3.05, 3.63) is 28.8 Å². The molecule has 0 atom stereocenters. The van der Waals surface area contributed by atoms with Crippen LogP contribution in [0.2, 0.25) is 5.02 Å². The summed E-state index contributed by atoms with van der Waals surface area (Å²) < 4.78 is 0. The summed E-state index contributed by atoms with van der Waals surface area (Å²) in [5.41, 5.74) is 5.99. The van der Waals surface area contributed by atoms with Crippen molar-refractivity contribution in [1.82, 2.24) is 0 Å².